The normalized spacial score (nSPS) is 23.5. The molecular formula is C9H19N3O2. The van der Waals surface area contributed by atoms with E-state index in [1.165, 1.54) is 0 Å². The molecule has 1 heterocycles. The maximum atomic E-state index is 8.96. The summed E-state index contributed by atoms with van der Waals surface area (Å²) in [5, 5.41) is 8.96. The van der Waals surface area contributed by atoms with Crippen LogP contribution in [0, 0.1) is 11.8 Å². The maximum absolute atomic E-state index is 8.96. The van der Waals surface area contributed by atoms with Gasteiger partial charge in [-0.15, -0.1) is 0 Å². The van der Waals surface area contributed by atoms with Crippen LogP contribution in [0.25, 0.3) is 0 Å². The minimum Gasteiger partial charge on any atom is -0.348 e. The Bertz CT molecular complexity index is 206. The van der Waals surface area contributed by atoms with Crippen molar-refractivity contribution >= 4 is 5.84 Å². The molecule has 0 aromatic carbocycles. The highest BCUT2D eigenvalue weighted by molar-refractivity contribution is 5.82. The predicted molar refractivity (Wildman–Crippen MR) is 54.3 cm³/mol. The molecule has 0 saturated heterocycles. The molecule has 0 amide bonds. The van der Waals surface area contributed by atoms with Crippen LogP contribution in [0.15, 0.2) is 4.99 Å². The van der Waals surface area contributed by atoms with Gasteiger partial charge in [-0.25, -0.2) is 15.3 Å². The Morgan fingerprint density at radius 1 is 1.64 bits per heavy atom. The zero-order chi connectivity index (χ0) is 10.6. The zero-order valence-corrected chi connectivity index (χ0v) is 8.73. The van der Waals surface area contributed by atoms with Crippen LogP contribution in [0.5, 0.6) is 0 Å². The fourth-order valence-electron chi connectivity index (χ4n) is 1.60. The zero-order valence-electron chi connectivity index (χ0n) is 8.73. The summed E-state index contributed by atoms with van der Waals surface area (Å²) in [6, 6.07) is 0. The topological polar surface area (TPSA) is 79.9 Å². The van der Waals surface area contributed by atoms with E-state index in [9.17, 15) is 0 Å². The molecule has 4 N–H and O–H groups in total. The highest BCUT2D eigenvalue weighted by atomic mass is 16.7. The lowest BCUT2D eigenvalue weighted by Gasteiger charge is -2.16. The number of hydroxylamine groups is 1. The molecule has 2 atom stereocenters. The van der Waals surface area contributed by atoms with Gasteiger partial charge in [0.25, 0.3) is 6.41 Å². The van der Waals surface area contributed by atoms with Gasteiger partial charge in [-0.1, -0.05) is 13.8 Å². The van der Waals surface area contributed by atoms with E-state index in [0.29, 0.717) is 24.2 Å². The fourth-order valence-corrected chi connectivity index (χ4v) is 1.60. The molecule has 0 saturated carbocycles. The van der Waals surface area contributed by atoms with Crippen molar-refractivity contribution in [1.29, 1.82) is 0 Å². The second kappa shape index (κ2) is 5.29. The van der Waals surface area contributed by atoms with Gasteiger partial charge in [-0.05, 0) is 24.8 Å². The number of amidine groups is 1. The number of nitrogens with zero attached hydrogens (tertiary/aromatic N) is 1. The smallest absolute Gasteiger partial charge is 0.280 e. The Balaban J connectivity index is 2.36. The van der Waals surface area contributed by atoms with E-state index in [-0.39, 0.29) is 0 Å². The van der Waals surface area contributed by atoms with Crippen LogP contribution in [0.1, 0.15) is 26.7 Å². The van der Waals surface area contributed by atoms with Crippen LogP contribution in [-0.2, 0) is 4.84 Å². The molecule has 0 radical (unpaired) electrons. The first-order valence-electron chi connectivity index (χ1n) is 4.98. The van der Waals surface area contributed by atoms with Crippen molar-refractivity contribution in [2.45, 2.75) is 33.1 Å². The number of hydrogen-bond donors (Lipinski definition) is 3. The first-order valence-corrected chi connectivity index (χ1v) is 4.98. The van der Waals surface area contributed by atoms with E-state index >= 15 is 0 Å². The lowest BCUT2D eigenvalue weighted by molar-refractivity contribution is -0.102. The molecule has 1 aliphatic rings. The summed E-state index contributed by atoms with van der Waals surface area (Å²) in [4.78, 5) is 8.54. The van der Waals surface area contributed by atoms with Crippen molar-refractivity contribution in [3.8, 4) is 0 Å². The highest BCUT2D eigenvalue weighted by Gasteiger charge is 2.18. The average molecular weight is 201 g/mol. The van der Waals surface area contributed by atoms with Crippen molar-refractivity contribution in [2.24, 2.45) is 22.6 Å². The summed E-state index contributed by atoms with van der Waals surface area (Å²) >= 11 is 0. The molecule has 82 valence electrons. The molecule has 5 heteroatoms. The molecule has 0 bridgehead atoms. The van der Waals surface area contributed by atoms with Gasteiger partial charge in [0.2, 0.25) is 0 Å². The molecular weight excluding hydrogens is 182 g/mol. The number of nitrogens with one attached hydrogen (secondary N) is 1. The molecule has 1 aliphatic heterocycles. The number of hydrogen-bond acceptors (Lipinski definition) is 5. The Hall–Kier alpha value is -0.650. The second-order valence-electron chi connectivity index (χ2n) is 4.06. The van der Waals surface area contributed by atoms with Crippen LogP contribution in [0.4, 0.5) is 0 Å². The van der Waals surface area contributed by atoms with Gasteiger partial charge >= 0.3 is 0 Å². The van der Waals surface area contributed by atoms with Crippen molar-refractivity contribution in [1.82, 2.24) is 5.48 Å². The molecule has 14 heavy (non-hydrogen) atoms. The van der Waals surface area contributed by atoms with Crippen LogP contribution >= 0.6 is 0 Å². The van der Waals surface area contributed by atoms with Crippen molar-refractivity contribution in [3.63, 3.8) is 0 Å². The number of rotatable bonds is 5. The Labute approximate surface area is 84.3 Å². The molecule has 1 rings (SSSR count). The minimum absolute atomic E-state index is 0.398. The van der Waals surface area contributed by atoms with Crippen LogP contribution < -0.4 is 11.2 Å². The molecule has 0 aromatic rings. The Morgan fingerprint density at radius 2 is 2.36 bits per heavy atom. The third-order valence-corrected chi connectivity index (χ3v) is 2.17. The summed E-state index contributed by atoms with van der Waals surface area (Å²) in [6.45, 7) is 4.96. The van der Waals surface area contributed by atoms with E-state index in [2.05, 4.69) is 29.2 Å². The van der Waals surface area contributed by atoms with Crippen molar-refractivity contribution in [3.05, 3.63) is 0 Å². The molecule has 0 fully saturated rings. The summed E-state index contributed by atoms with van der Waals surface area (Å²) in [7, 11) is 0. The summed E-state index contributed by atoms with van der Waals surface area (Å²) in [5.74, 6) is 1.71. The lowest BCUT2D eigenvalue weighted by Crippen LogP contribution is -2.25. The number of aliphatic imine (C=N–C) groups is 1. The van der Waals surface area contributed by atoms with Gasteiger partial charge in [0.1, 0.15) is 5.84 Å². The number of aliphatic hydroxyl groups is 1. The van der Waals surface area contributed by atoms with Gasteiger partial charge in [0, 0.05) is 6.42 Å². The predicted octanol–water partition coefficient (Wildman–Crippen LogP) is 0.207. The van der Waals surface area contributed by atoms with Gasteiger partial charge in [0.15, 0.2) is 0 Å². The van der Waals surface area contributed by atoms with Crippen LogP contribution in [0.3, 0.4) is 0 Å². The number of nitrogens with two attached hydrogens (primary N) is 1. The first-order chi connectivity index (χ1) is 6.61. The molecule has 5 nitrogen and oxygen atoms in total. The summed E-state index contributed by atoms with van der Waals surface area (Å²) in [5.41, 5.74) is 8.24. The van der Waals surface area contributed by atoms with Crippen molar-refractivity contribution < 1.29 is 9.94 Å². The van der Waals surface area contributed by atoms with E-state index in [1.807, 2.05) is 0 Å². The summed E-state index contributed by atoms with van der Waals surface area (Å²) < 4.78 is 0. The monoisotopic (exact) mass is 201 g/mol. The van der Waals surface area contributed by atoms with E-state index in [1.54, 1.807) is 0 Å². The van der Waals surface area contributed by atoms with Crippen LogP contribution in [-0.4, -0.2) is 23.9 Å². The molecule has 0 aromatic heterocycles. The summed E-state index contributed by atoms with van der Waals surface area (Å²) in [6.07, 6.45) is 0.751. The molecule has 0 spiro atoms. The van der Waals surface area contributed by atoms with E-state index < -0.39 is 6.41 Å². The highest BCUT2D eigenvalue weighted by Crippen LogP contribution is 2.15. The first kappa shape index (κ1) is 11.4. The third kappa shape index (κ3) is 3.61. The second-order valence-corrected chi connectivity index (χ2v) is 4.06. The average Bonchev–Trinajstić information content (AvgIpc) is 2.49. The third-order valence-electron chi connectivity index (χ3n) is 2.17. The lowest BCUT2D eigenvalue weighted by atomic mass is 9.94. The van der Waals surface area contributed by atoms with Crippen molar-refractivity contribution in [2.75, 3.05) is 6.54 Å². The van der Waals surface area contributed by atoms with E-state index in [0.717, 1.165) is 12.8 Å². The van der Waals surface area contributed by atoms with E-state index in [4.69, 9.17) is 10.8 Å². The SMILES string of the molecule is CC(C)CC(CN)CC1=NC(O)ON1. The molecule has 0 aliphatic carbocycles. The minimum atomic E-state index is -1.05. The van der Waals surface area contributed by atoms with Gasteiger partial charge in [-0.3, -0.25) is 0 Å². The quantitative estimate of drug-likeness (QED) is 0.594. The fraction of sp³-hybridized carbons (Fsp3) is 0.889. The maximum Gasteiger partial charge on any atom is 0.280 e. The van der Waals surface area contributed by atoms with Crippen LogP contribution in [0.2, 0.25) is 0 Å². The van der Waals surface area contributed by atoms with Gasteiger partial charge < -0.3 is 10.8 Å². The molecule has 2 unspecified atom stereocenters. The largest absolute Gasteiger partial charge is 0.348 e. The Kier molecular flexibility index (Phi) is 4.31. The standard InChI is InChI=1S/C9H19N3O2/c1-6(2)3-7(5-10)4-8-11-9(13)14-12-8/h6-7,9,13H,3-5,10H2,1-2H3,(H,11,12). The van der Waals surface area contributed by atoms with Gasteiger partial charge in [0.05, 0.1) is 0 Å². The number of aliphatic hydroxyl groups excluding tert-OH is 1. The van der Waals surface area contributed by atoms with Gasteiger partial charge in [-0.2, -0.15) is 0 Å². The Morgan fingerprint density at radius 3 is 2.79 bits per heavy atom.